The molecule has 2 aromatic rings. The first-order chi connectivity index (χ1) is 8.69. The molecule has 2 aromatic carbocycles. The van der Waals surface area contributed by atoms with Gasteiger partial charge < -0.3 is 11.1 Å². The molecule has 3 N–H and O–H groups in total. The lowest BCUT2D eigenvalue weighted by molar-refractivity contribution is 0.749. The summed E-state index contributed by atoms with van der Waals surface area (Å²) < 4.78 is 0. The predicted octanol–water partition coefficient (Wildman–Crippen LogP) is 4.14. The number of nitrogens with two attached hydrogens (primary N) is 1. The van der Waals surface area contributed by atoms with Crippen LogP contribution in [0.2, 0.25) is 0 Å². The summed E-state index contributed by atoms with van der Waals surface area (Å²) in [4.78, 5) is 0. The standard InChI is InChI=1S/C16H20N2/c1-3-16(13-7-5-4-6-8-13)18-15-10-12(2)9-14(17)11-15/h4-11,16,18H,3,17H2,1-2H3. The molecule has 0 aliphatic carbocycles. The highest BCUT2D eigenvalue weighted by Gasteiger charge is 2.08. The van der Waals surface area contributed by atoms with Crippen molar-refractivity contribution >= 4 is 11.4 Å². The van der Waals surface area contributed by atoms with Gasteiger partial charge in [-0.05, 0) is 42.7 Å². The van der Waals surface area contributed by atoms with Crippen molar-refractivity contribution in [3.05, 3.63) is 59.7 Å². The van der Waals surface area contributed by atoms with Gasteiger partial charge in [0.25, 0.3) is 0 Å². The zero-order valence-electron chi connectivity index (χ0n) is 11.0. The molecule has 2 rings (SSSR count). The number of benzene rings is 2. The average Bonchev–Trinajstić information content (AvgIpc) is 2.36. The van der Waals surface area contributed by atoms with Gasteiger partial charge in [0.2, 0.25) is 0 Å². The molecule has 2 heteroatoms. The molecule has 0 spiro atoms. The summed E-state index contributed by atoms with van der Waals surface area (Å²) >= 11 is 0. The van der Waals surface area contributed by atoms with Crippen LogP contribution in [0.4, 0.5) is 11.4 Å². The fourth-order valence-electron chi connectivity index (χ4n) is 2.20. The molecule has 0 heterocycles. The number of hydrogen-bond acceptors (Lipinski definition) is 2. The molecule has 0 saturated heterocycles. The Balaban J connectivity index is 2.20. The van der Waals surface area contributed by atoms with Crippen LogP contribution < -0.4 is 11.1 Å². The monoisotopic (exact) mass is 240 g/mol. The van der Waals surface area contributed by atoms with E-state index in [9.17, 15) is 0 Å². The molecule has 0 bridgehead atoms. The molecular weight excluding hydrogens is 220 g/mol. The lowest BCUT2D eigenvalue weighted by Gasteiger charge is -2.19. The van der Waals surface area contributed by atoms with E-state index in [0.29, 0.717) is 6.04 Å². The maximum absolute atomic E-state index is 5.88. The highest BCUT2D eigenvalue weighted by atomic mass is 14.9. The first-order valence-electron chi connectivity index (χ1n) is 6.37. The minimum atomic E-state index is 0.326. The van der Waals surface area contributed by atoms with Crippen LogP contribution in [0, 0.1) is 6.92 Å². The van der Waals surface area contributed by atoms with E-state index in [0.717, 1.165) is 17.8 Å². The van der Waals surface area contributed by atoms with Crippen molar-refractivity contribution in [3.8, 4) is 0 Å². The average molecular weight is 240 g/mol. The molecule has 1 unspecified atom stereocenters. The summed E-state index contributed by atoms with van der Waals surface area (Å²) in [6.45, 7) is 4.24. The number of nitrogen functional groups attached to an aromatic ring is 1. The number of hydrogen-bond donors (Lipinski definition) is 2. The van der Waals surface area contributed by atoms with Crippen LogP contribution >= 0.6 is 0 Å². The van der Waals surface area contributed by atoms with Crippen LogP contribution in [0.15, 0.2) is 48.5 Å². The van der Waals surface area contributed by atoms with Gasteiger partial charge in [-0.15, -0.1) is 0 Å². The van der Waals surface area contributed by atoms with Gasteiger partial charge in [-0.2, -0.15) is 0 Å². The second kappa shape index (κ2) is 5.58. The van der Waals surface area contributed by atoms with Crippen LogP contribution in [0.5, 0.6) is 0 Å². The van der Waals surface area contributed by atoms with Crippen molar-refractivity contribution in [1.82, 2.24) is 0 Å². The molecule has 94 valence electrons. The fraction of sp³-hybridized carbons (Fsp3) is 0.250. The molecule has 1 atom stereocenters. The maximum Gasteiger partial charge on any atom is 0.0511 e. The quantitative estimate of drug-likeness (QED) is 0.788. The minimum absolute atomic E-state index is 0.326. The van der Waals surface area contributed by atoms with Crippen LogP contribution in [-0.2, 0) is 0 Å². The number of aryl methyl sites for hydroxylation is 1. The van der Waals surface area contributed by atoms with Gasteiger partial charge in [0.1, 0.15) is 0 Å². The van der Waals surface area contributed by atoms with E-state index in [1.165, 1.54) is 11.1 Å². The lowest BCUT2D eigenvalue weighted by atomic mass is 10.0. The summed E-state index contributed by atoms with van der Waals surface area (Å²) in [5, 5.41) is 3.55. The zero-order chi connectivity index (χ0) is 13.0. The molecule has 0 aromatic heterocycles. The van der Waals surface area contributed by atoms with E-state index in [2.05, 4.69) is 49.5 Å². The summed E-state index contributed by atoms with van der Waals surface area (Å²) in [5.74, 6) is 0. The predicted molar refractivity (Wildman–Crippen MR) is 78.7 cm³/mol. The van der Waals surface area contributed by atoms with Gasteiger partial charge >= 0.3 is 0 Å². The van der Waals surface area contributed by atoms with Crippen molar-refractivity contribution in [2.24, 2.45) is 0 Å². The Kier molecular flexibility index (Phi) is 3.88. The van der Waals surface area contributed by atoms with Gasteiger partial charge in [-0.1, -0.05) is 37.3 Å². The summed E-state index contributed by atoms with van der Waals surface area (Å²) in [5.41, 5.74) is 10.3. The Morgan fingerprint density at radius 3 is 2.44 bits per heavy atom. The van der Waals surface area contributed by atoms with Crippen molar-refractivity contribution in [3.63, 3.8) is 0 Å². The minimum Gasteiger partial charge on any atom is -0.399 e. The number of rotatable bonds is 4. The molecule has 0 aliphatic heterocycles. The van der Waals surface area contributed by atoms with E-state index >= 15 is 0 Å². The van der Waals surface area contributed by atoms with Crippen LogP contribution in [0.25, 0.3) is 0 Å². The molecule has 0 fully saturated rings. The maximum atomic E-state index is 5.88. The third-order valence-electron chi connectivity index (χ3n) is 3.05. The molecule has 0 amide bonds. The summed E-state index contributed by atoms with van der Waals surface area (Å²) in [6.07, 6.45) is 1.04. The molecule has 0 radical (unpaired) electrons. The first-order valence-corrected chi connectivity index (χ1v) is 6.37. The number of nitrogens with one attached hydrogen (secondary N) is 1. The van der Waals surface area contributed by atoms with Gasteiger partial charge in [-0.3, -0.25) is 0 Å². The zero-order valence-corrected chi connectivity index (χ0v) is 11.0. The normalized spacial score (nSPS) is 12.1. The van der Waals surface area contributed by atoms with E-state index in [1.54, 1.807) is 0 Å². The highest BCUT2D eigenvalue weighted by Crippen LogP contribution is 2.24. The Labute approximate surface area is 109 Å². The second-order valence-corrected chi connectivity index (χ2v) is 4.65. The molecular formula is C16H20N2. The van der Waals surface area contributed by atoms with Crippen LogP contribution in [-0.4, -0.2) is 0 Å². The molecule has 2 nitrogen and oxygen atoms in total. The second-order valence-electron chi connectivity index (χ2n) is 4.65. The van der Waals surface area contributed by atoms with Gasteiger partial charge in [-0.25, -0.2) is 0 Å². The Morgan fingerprint density at radius 1 is 1.11 bits per heavy atom. The van der Waals surface area contributed by atoms with Gasteiger partial charge in [0, 0.05) is 11.4 Å². The molecule has 18 heavy (non-hydrogen) atoms. The fourth-order valence-corrected chi connectivity index (χ4v) is 2.20. The van der Waals surface area contributed by atoms with E-state index in [4.69, 9.17) is 5.73 Å². The smallest absolute Gasteiger partial charge is 0.0511 e. The topological polar surface area (TPSA) is 38.0 Å². The van der Waals surface area contributed by atoms with Crippen molar-refractivity contribution in [2.75, 3.05) is 11.1 Å². The third-order valence-corrected chi connectivity index (χ3v) is 3.05. The largest absolute Gasteiger partial charge is 0.399 e. The lowest BCUT2D eigenvalue weighted by Crippen LogP contribution is -2.09. The van der Waals surface area contributed by atoms with E-state index in [1.807, 2.05) is 18.2 Å². The highest BCUT2D eigenvalue weighted by molar-refractivity contribution is 5.57. The Morgan fingerprint density at radius 2 is 1.83 bits per heavy atom. The van der Waals surface area contributed by atoms with Crippen molar-refractivity contribution in [1.29, 1.82) is 0 Å². The molecule has 0 saturated carbocycles. The first kappa shape index (κ1) is 12.5. The van der Waals surface area contributed by atoms with E-state index < -0.39 is 0 Å². The van der Waals surface area contributed by atoms with E-state index in [-0.39, 0.29) is 0 Å². The molecule has 0 aliphatic rings. The Bertz CT molecular complexity index is 486. The van der Waals surface area contributed by atoms with Crippen LogP contribution in [0.3, 0.4) is 0 Å². The van der Waals surface area contributed by atoms with Crippen molar-refractivity contribution < 1.29 is 0 Å². The third kappa shape index (κ3) is 3.04. The van der Waals surface area contributed by atoms with Crippen molar-refractivity contribution in [2.45, 2.75) is 26.3 Å². The SMILES string of the molecule is CCC(Nc1cc(C)cc(N)c1)c1ccccc1. The number of anilines is 2. The van der Waals surface area contributed by atoms with Gasteiger partial charge in [0.05, 0.1) is 6.04 Å². The van der Waals surface area contributed by atoms with Gasteiger partial charge in [0.15, 0.2) is 0 Å². The summed E-state index contributed by atoms with van der Waals surface area (Å²) in [6, 6.07) is 16.9. The Hall–Kier alpha value is -1.96. The summed E-state index contributed by atoms with van der Waals surface area (Å²) in [7, 11) is 0. The van der Waals surface area contributed by atoms with Crippen LogP contribution in [0.1, 0.15) is 30.5 Å².